The molecule has 1 fully saturated rings. The van der Waals surface area contributed by atoms with Gasteiger partial charge in [0.1, 0.15) is 6.04 Å². The molecule has 0 saturated carbocycles. The van der Waals surface area contributed by atoms with Gasteiger partial charge in [-0.05, 0) is 37.8 Å². The van der Waals surface area contributed by atoms with Crippen molar-refractivity contribution in [3.63, 3.8) is 0 Å². The Hall–Kier alpha value is -1.43. The summed E-state index contributed by atoms with van der Waals surface area (Å²) >= 11 is 5.60. The normalized spacial score (nSPS) is 17.1. The number of halogens is 2. The van der Waals surface area contributed by atoms with Crippen LogP contribution in [0.2, 0.25) is 5.28 Å². The zero-order valence-electron chi connectivity index (χ0n) is 10.7. The number of carbonyl (C=O) groups excluding carboxylic acids is 1. The first-order chi connectivity index (χ1) is 9.08. The molecule has 1 aliphatic rings. The molecule has 0 spiro atoms. The van der Waals surface area contributed by atoms with Gasteiger partial charge in [0.05, 0.1) is 6.20 Å². The highest BCUT2D eigenvalue weighted by molar-refractivity contribution is 6.28. The minimum absolute atomic E-state index is 0.0436. The Balaban J connectivity index is 2.01. The summed E-state index contributed by atoms with van der Waals surface area (Å²) in [5.41, 5.74) is 0. The molecule has 2 heterocycles. The third-order valence-electron chi connectivity index (χ3n) is 3.11. The van der Waals surface area contributed by atoms with E-state index in [0.29, 0.717) is 0 Å². The number of rotatable bonds is 3. The molecule has 1 saturated heterocycles. The summed E-state index contributed by atoms with van der Waals surface area (Å²) in [6.45, 7) is 3.21. The first kappa shape index (κ1) is 14.0. The maximum Gasteiger partial charge on any atom is 0.244 e. The second-order valence-electron chi connectivity index (χ2n) is 4.59. The van der Waals surface area contributed by atoms with Crippen molar-refractivity contribution in [2.45, 2.75) is 32.2 Å². The third kappa shape index (κ3) is 3.53. The molecular weight excluding hydrogens is 271 g/mol. The molecule has 1 aromatic heterocycles. The van der Waals surface area contributed by atoms with Gasteiger partial charge < -0.3 is 10.2 Å². The SMILES string of the molecule is CC(Nc1nc(Cl)ncc1F)C(=O)N1CCCCC1. The smallest absolute Gasteiger partial charge is 0.244 e. The lowest BCUT2D eigenvalue weighted by Crippen LogP contribution is -2.44. The number of hydrogen-bond acceptors (Lipinski definition) is 4. The average molecular weight is 287 g/mol. The molecule has 0 aliphatic carbocycles. The molecular formula is C12H16ClFN4O. The number of likely N-dealkylation sites (tertiary alicyclic amines) is 1. The van der Waals surface area contributed by atoms with Gasteiger partial charge in [0.25, 0.3) is 0 Å². The van der Waals surface area contributed by atoms with E-state index in [1.807, 2.05) is 0 Å². The van der Waals surface area contributed by atoms with Crippen molar-refractivity contribution in [2.24, 2.45) is 0 Å². The first-order valence-corrected chi connectivity index (χ1v) is 6.69. The summed E-state index contributed by atoms with van der Waals surface area (Å²) in [5.74, 6) is -0.714. The molecule has 1 atom stereocenters. The summed E-state index contributed by atoms with van der Waals surface area (Å²) in [7, 11) is 0. The second kappa shape index (κ2) is 6.14. The number of piperidine rings is 1. The lowest BCUT2D eigenvalue weighted by Gasteiger charge is -2.29. The molecule has 104 valence electrons. The van der Waals surface area contributed by atoms with E-state index in [-0.39, 0.29) is 17.0 Å². The monoisotopic (exact) mass is 286 g/mol. The Kier molecular flexibility index (Phi) is 4.52. The summed E-state index contributed by atoms with van der Waals surface area (Å²) in [6, 6.07) is -0.543. The number of nitrogens with zero attached hydrogens (tertiary/aromatic N) is 3. The summed E-state index contributed by atoms with van der Waals surface area (Å²) in [6.07, 6.45) is 4.18. The van der Waals surface area contributed by atoms with Crippen molar-refractivity contribution in [1.82, 2.24) is 14.9 Å². The van der Waals surface area contributed by atoms with Crippen LogP contribution in [0.3, 0.4) is 0 Å². The maximum atomic E-state index is 13.5. The van der Waals surface area contributed by atoms with Gasteiger partial charge in [-0.2, -0.15) is 4.98 Å². The highest BCUT2D eigenvalue weighted by Gasteiger charge is 2.23. The molecule has 0 aromatic carbocycles. The van der Waals surface area contributed by atoms with Crippen molar-refractivity contribution in [3.8, 4) is 0 Å². The average Bonchev–Trinajstić information content (AvgIpc) is 2.43. The summed E-state index contributed by atoms with van der Waals surface area (Å²) in [5, 5.41) is 2.69. The quantitative estimate of drug-likeness (QED) is 0.865. The number of nitrogens with one attached hydrogen (secondary N) is 1. The molecule has 7 heteroatoms. The number of carbonyl (C=O) groups is 1. The van der Waals surface area contributed by atoms with Crippen LogP contribution >= 0.6 is 11.6 Å². The molecule has 19 heavy (non-hydrogen) atoms. The molecule has 1 unspecified atom stereocenters. The maximum absolute atomic E-state index is 13.5. The van der Waals surface area contributed by atoms with Crippen LogP contribution in [0.5, 0.6) is 0 Å². The molecule has 0 bridgehead atoms. The summed E-state index contributed by atoms with van der Waals surface area (Å²) in [4.78, 5) is 21.2. The van der Waals surface area contributed by atoms with E-state index in [1.165, 1.54) is 0 Å². The van der Waals surface area contributed by atoms with E-state index in [0.717, 1.165) is 38.5 Å². The fourth-order valence-corrected chi connectivity index (χ4v) is 2.24. The fourth-order valence-electron chi connectivity index (χ4n) is 2.10. The van der Waals surface area contributed by atoms with Gasteiger partial charge >= 0.3 is 0 Å². The number of anilines is 1. The minimum atomic E-state index is -0.623. The molecule has 1 aliphatic heterocycles. The van der Waals surface area contributed by atoms with Crippen LogP contribution in [-0.4, -0.2) is 39.9 Å². The fraction of sp³-hybridized carbons (Fsp3) is 0.583. The highest BCUT2D eigenvalue weighted by Crippen LogP contribution is 2.15. The van der Waals surface area contributed by atoms with Crippen LogP contribution in [0.15, 0.2) is 6.20 Å². The first-order valence-electron chi connectivity index (χ1n) is 6.31. The minimum Gasteiger partial charge on any atom is -0.356 e. The van der Waals surface area contributed by atoms with E-state index < -0.39 is 11.9 Å². The van der Waals surface area contributed by atoms with Gasteiger partial charge in [-0.1, -0.05) is 0 Å². The molecule has 1 amide bonds. The zero-order valence-corrected chi connectivity index (χ0v) is 11.5. The van der Waals surface area contributed by atoms with Crippen LogP contribution in [-0.2, 0) is 4.79 Å². The van der Waals surface area contributed by atoms with E-state index in [2.05, 4.69) is 15.3 Å². The van der Waals surface area contributed by atoms with Crippen LogP contribution < -0.4 is 5.32 Å². The molecule has 2 rings (SSSR count). The Morgan fingerprint density at radius 2 is 2.16 bits per heavy atom. The lowest BCUT2D eigenvalue weighted by atomic mass is 10.1. The summed E-state index contributed by atoms with van der Waals surface area (Å²) < 4.78 is 13.5. The predicted molar refractivity (Wildman–Crippen MR) is 70.5 cm³/mol. The van der Waals surface area contributed by atoms with Crippen LogP contribution in [0.1, 0.15) is 26.2 Å². The molecule has 1 aromatic rings. The van der Waals surface area contributed by atoms with E-state index in [4.69, 9.17) is 11.6 Å². The van der Waals surface area contributed by atoms with Gasteiger partial charge in [0, 0.05) is 13.1 Å². The van der Waals surface area contributed by atoms with Crippen LogP contribution in [0.4, 0.5) is 10.2 Å². The van der Waals surface area contributed by atoms with Crippen molar-refractivity contribution in [2.75, 3.05) is 18.4 Å². The van der Waals surface area contributed by atoms with Crippen LogP contribution in [0, 0.1) is 5.82 Å². The van der Waals surface area contributed by atoms with Gasteiger partial charge in [0.15, 0.2) is 11.6 Å². The second-order valence-corrected chi connectivity index (χ2v) is 4.93. The third-order valence-corrected chi connectivity index (χ3v) is 3.29. The lowest BCUT2D eigenvalue weighted by molar-refractivity contribution is -0.132. The van der Waals surface area contributed by atoms with E-state index in [9.17, 15) is 9.18 Å². The molecule has 0 radical (unpaired) electrons. The largest absolute Gasteiger partial charge is 0.356 e. The standard InChI is InChI=1S/C12H16ClFN4O/c1-8(11(19)18-5-3-2-4-6-18)16-10-9(14)7-15-12(13)17-10/h7-8H,2-6H2,1H3,(H,15,16,17). The van der Waals surface area contributed by atoms with E-state index in [1.54, 1.807) is 11.8 Å². The van der Waals surface area contributed by atoms with Gasteiger partial charge in [-0.3, -0.25) is 4.79 Å². The van der Waals surface area contributed by atoms with Crippen molar-refractivity contribution in [3.05, 3.63) is 17.3 Å². The predicted octanol–water partition coefficient (Wildman–Crippen LogP) is 2.08. The Labute approximate surface area is 116 Å². The van der Waals surface area contributed by atoms with Crippen molar-refractivity contribution >= 4 is 23.3 Å². The van der Waals surface area contributed by atoms with Crippen molar-refractivity contribution < 1.29 is 9.18 Å². The Morgan fingerprint density at radius 1 is 1.47 bits per heavy atom. The van der Waals surface area contributed by atoms with Gasteiger partial charge in [-0.25, -0.2) is 9.37 Å². The van der Waals surface area contributed by atoms with E-state index >= 15 is 0 Å². The molecule has 1 N–H and O–H groups in total. The van der Waals surface area contributed by atoms with Crippen LogP contribution in [0.25, 0.3) is 0 Å². The van der Waals surface area contributed by atoms with Gasteiger partial charge in [-0.15, -0.1) is 0 Å². The number of hydrogen-bond donors (Lipinski definition) is 1. The zero-order chi connectivity index (χ0) is 13.8. The molecule has 5 nitrogen and oxygen atoms in total. The Bertz CT molecular complexity index is 465. The Morgan fingerprint density at radius 3 is 2.84 bits per heavy atom. The topological polar surface area (TPSA) is 58.1 Å². The van der Waals surface area contributed by atoms with Crippen molar-refractivity contribution in [1.29, 1.82) is 0 Å². The highest BCUT2D eigenvalue weighted by atomic mass is 35.5. The number of amides is 1. The van der Waals surface area contributed by atoms with Gasteiger partial charge in [0.2, 0.25) is 11.2 Å². The number of aromatic nitrogens is 2.